The summed E-state index contributed by atoms with van der Waals surface area (Å²) in [5, 5.41) is 11.3. The third-order valence-electron chi connectivity index (χ3n) is 10.2. The smallest absolute Gasteiger partial charge is 0.103 e. The van der Waals surface area contributed by atoms with Crippen LogP contribution in [0.2, 0.25) is 5.02 Å². The Hall–Kier alpha value is -2.87. The summed E-state index contributed by atoms with van der Waals surface area (Å²) in [6.07, 6.45) is 12.5. The number of anilines is 1. The molecule has 2 bridgehead atoms. The lowest BCUT2D eigenvalue weighted by molar-refractivity contribution is -0.135. The van der Waals surface area contributed by atoms with Crippen LogP contribution >= 0.6 is 11.6 Å². The summed E-state index contributed by atoms with van der Waals surface area (Å²) in [7, 11) is 0. The van der Waals surface area contributed by atoms with Crippen LogP contribution in [0.15, 0.2) is 61.1 Å². The molecule has 1 aliphatic heterocycles. The number of hydrogen-bond acceptors (Lipinski definition) is 5. The second kappa shape index (κ2) is 8.82. The molecule has 2 atom stereocenters. The van der Waals surface area contributed by atoms with Crippen molar-refractivity contribution in [3.63, 3.8) is 0 Å². The van der Waals surface area contributed by atoms with Gasteiger partial charge in [0.1, 0.15) is 5.69 Å². The van der Waals surface area contributed by atoms with E-state index >= 15 is 0 Å². The van der Waals surface area contributed by atoms with Gasteiger partial charge in [0, 0.05) is 37.1 Å². The predicted molar refractivity (Wildman–Crippen MR) is 154 cm³/mol. The highest BCUT2D eigenvalue weighted by molar-refractivity contribution is 6.34. The van der Waals surface area contributed by atoms with Crippen LogP contribution in [0.1, 0.15) is 44.6 Å². The van der Waals surface area contributed by atoms with Gasteiger partial charge in [-0.3, -0.25) is 9.58 Å². The minimum absolute atomic E-state index is 0.105. The van der Waals surface area contributed by atoms with Crippen molar-refractivity contribution < 1.29 is 4.74 Å². The van der Waals surface area contributed by atoms with Crippen molar-refractivity contribution in [2.75, 3.05) is 31.1 Å². The first-order chi connectivity index (χ1) is 19.0. The molecule has 2 aromatic heterocycles. The number of aromatic nitrogens is 4. The van der Waals surface area contributed by atoms with Gasteiger partial charge in [-0.15, -0.1) is 0 Å². The number of benzene rings is 2. The van der Waals surface area contributed by atoms with Gasteiger partial charge in [-0.1, -0.05) is 41.9 Å². The summed E-state index contributed by atoms with van der Waals surface area (Å²) in [6, 6.07) is 14.8. The summed E-state index contributed by atoms with van der Waals surface area (Å²) in [6.45, 7) is 6.97. The fourth-order valence-electron chi connectivity index (χ4n) is 7.41. The highest BCUT2D eigenvalue weighted by Crippen LogP contribution is 2.62. The zero-order chi connectivity index (χ0) is 26.2. The predicted octanol–water partition coefficient (Wildman–Crippen LogP) is 5.64. The standard InChI is InChI=1S/C31H35ClN6O/c1-30(8-7-29(30)39-21-22-5-3-2-4-6-22)36-11-9-35(10-12-36)28-14-27-24(13-26(28)32)18-34-38(27)25-19-33-37(20-25)31-15-23(16-31)17-31/h2-6,13-14,18-20,23,29H,7-12,15-17,21H2,1H3. The lowest BCUT2D eigenvalue weighted by Crippen LogP contribution is -2.66. The van der Waals surface area contributed by atoms with Crippen LogP contribution in [0.3, 0.4) is 0 Å². The lowest BCUT2D eigenvalue weighted by Gasteiger charge is -2.61. The fourth-order valence-corrected chi connectivity index (χ4v) is 7.70. The Kier molecular flexibility index (Phi) is 5.42. The van der Waals surface area contributed by atoms with Crippen molar-refractivity contribution in [3.05, 3.63) is 71.6 Å². The molecule has 39 heavy (non-hydrogen) atoms. The van der Waals surface area contributed by atoms with Crippen LogP contribution < -0.4 is 4.90 Å². The minimum Gasteiger partial charge on any atom is -0.372 e. The van der Waals surface area contributed by atoms with Gasteiger partial charge in [0.15, 0.2) is 0 Å². The van der Waals surface area contributed by atoms with Crippen LogP contribution in [-0.2, 0) is 16.9 Å². The quantitative estimate of drug-likeness (QED) is 0.302. The Morgan fingerprint density at radius 3 is 2.49 bits per heavy atom. The van der Waals surface area contributed by atoms with Gasteiger partial charge in [0.25, 0.3) is 0 Å². The number of ether oxygens (including phenoxy) is 1. The molecular weight excluding hydrogens is 508 g/mol. The number of hydrogen-bond donors (Lipinski definition) is 0. The van der Waals surface area contributed by atoms with E-state index in [0.29, 0.717) is 6.61 Å². The van der Waals surface area contributed by atoms with Crippen LogP contribution in [0.4, 0.5) is 5.69 Å². The number of rotatable bonds is 7. The molecule has 5 fully saturated rings. The molecule has 1 saturated heterocycles. The molecule has 202 valence electrons. The molecule has 9 rings (SSSR count). The molecule has 4 aromatic rings. The molecule has 5 aliphatic rings. The Morgan fingerprint density at radius 2 is 1.79 bits per heavy atom. The molecule has 8 heteroatoms. The second-order valence-corrected chi connectivity index (χ2v) is 12.8. The van der Waals surface area contributed by atoms with Gasteiger partial charge < -0.3 is 9.64 Å². The van der Waals surface area contributed by atoms with E-state index in [4.69, 9.17) is 26.5 Å². The molecule has 7 nitrogen and oxygen atoms in total. The molecule has 0 N–H and O–H groups in total. The van der Waals surface area contributed by atoms with Gasteiger partial charge in [-0.2, -0.15) is 10.2 Å². The molecular formula is C31H35ClN6O. The highest BCUT2D eigenvalue weighted by Gasteiger charge is 2.58. The summed E-state index contributed by atoms with van der Waals surface area (Å²) >= 11 is 6.85. The van der Waals surface area contributed by atoms with Crippen LogP contribution in [0.25, 0.3) is 16.6 Å². The first kappa shape index (κ1) is 24.0. The van der Waals surface area contributed by atoms with Crippen molar-refractivity contribution in [2.24, 2.45) is 5.92 Å². The van der Waals surface area contributed by atoms with E-state index < -0.39 is 0 Å². The van der Waals surface area contributed by atoms with Gasteiger partial charge >= 0.3 is 0 Å². The van der Waals surface area contributed by atoms with Crippen molar-refractivity contribution in [3.8, 4) is 5.69 Å². The van der Waals surface area contributed by atoms with Crippen molar-refractivity contribution in [1.82, 2.24) is 24.5 Å². The molecule has 2 unspecified atom stereocenters. The third kappa shape index (κ3) is 3.77. The first-order valence-electron chi connectivity index (χ1n) is 14.4. The van der Waals surface area contributed by atoms with E-state index in [0.717, 1.165) is 65.8 Å². The van der Waals surface area contributed by atoms with Gasteiger partial charge in [-0.25, -0.2) is 4.68 Å². The van der Waals surface area contributed by atoms with E-state index in [1.165, 1.54) is 31.2 Å². The fraction of sp³-hybridized carbons (Fsp3) is 0.484. The van der Waals surface area contributed by atoms with E-state index in [1.54, 1.807) is 0 Å². The molecule has 0 radical (unpaired) electrons. The minimum atomic E-state index is 0.105. The maximum atomic E-state index is 6.85. The van der Waals surface area contributed by atoms with Gasteiger partial charge in [0.2, 0.25) is 0 Å². The maximum absolute atomic E-state index is 6.85. The average Bonchev–Trinajstić information content (AvgIpc) is 3.53. The Labute approximate surface area is 234 Å². The molecule has 2 aromatic carbocycles. The van der Waals surface area contributed by atoms with E-state index in [2.05, 4.69) is 70.1 Å². The monoisotopic (exact) mass is 542 g/mol. The summed E-state index contributed by atoms with van der Waals surface area (Å²) in [4.78, 5) is 5.07. The van der Waals surface area contributed by atoms with E-state index in [9.17, 15) is 0 Å². The maximum Gasteiger partial charge on any atom is 0.103 e. The van der Waals surface area contributed by atoms with Crippen LogP contribution in [0, 0.1) is 5.92 Å². The lowest BCUT2D eigenvalue weighted by atomic mass is 9.50. The number of fused-ring (bicyclic) bond motifs is 1. The number of nitrogens with zero attached hydrogens (tertiary/aromatic N) is 6. The number of halogens is 1. The molecule has 0 amide bonds. The molecule has 3 heterocycles. The largest absolute Gasteiger partial charge is 0.372 e. The van der Waals surface area contributed by atoms with Gasteiger partial charge in [-0.05, 0) is 62.6 Å². The van der Waals surface area contributed by atoms with Crippen molar-refractivity contribution in [1.29, 1.82) is 0 Å². The van der Waals surface area contributed by atoms with E-state index in [1.807, 2.05) is 17.1 Å². The summed E-state index contributed by atoms with van der Waals surface area (Å²) < 4.78 is 10.6. The van der Waals surface area contributed by atoms with Crippen LogP contribution in [-0.4, -0.2) is 62.3 Å². The van der Waals surface area contributed by atoms with E-state index in [-0.39, 0.29) is 17.2 Å². The zero-order valence-corrected chi connectivity index (χ0v) is 23.2. The molecule has 4 saturated carbocycles. The summed E-state index contributed by atoms with van der Waals surface area (Å²) in [5.41, 5.74) is 4.82. The van der Waals surface area contributed by atoms with Crippen molar-refractivity contribution in [2.45, 2.75) is 62.8 Å². The zero-order valence-electron chi connectivity index (χ0n) is 22.5. The average molecular weight is 543 g/mol. The Bertz CT molecular complexity index is 1510. The second-order valence-electron chi connectivity index (χ2n) is 12.4. The molecule has 4 aliphatic carbocycles. The first-order valence-corrected chi connectivity index (χ1v) is 14.8. The topological polar surface area (TPSA) is 51.3 Å². The van der Waals surface area contributed by atoms with Crippen molar-refractivity contribution >= 4 is 28.2 Å². The van der Waals surface area contributed by atoms with Gasteiger partial charge in [0.05, 0.1) is 53.1 Å². The summed E-state index contributed by atoms with van der Waals surface area (Å²) in [5.74, 6) is 0.924. The SMILES string of the molecule is CC1(N2CCN(c3cc4c(cnn4-c4cnn(C56CC(C5)C6)c4)cc3Cl)CC2)CCC1OCc1ccccc1. The Morgan fingerprint density at radius 1 is 1.00 bits per heavy atom. The number of piperazine rings is 1. The normalized spacial score (nSPS) is 30.2. The molecule has 0 spiro atoms. The Balaban J connectivity index is 0.972. The van der Waals surface area contributed by atoms with Crippen LogP contribution in [0.5, 0.6) is 0 Å². The third-order valence-corrected chi connectivity index (χ3v) is 10.5. The highest BCUT2D eigenvalue weighted by atomic mass is 35.5.